The number of para-hydroxylation sites is 2. The monoisotopic (exact) mass is 485 g/mol. The molecule has 1 aliphatic rings. The first-order valence-electron chi connectivity index (χ1n) is 11.0. The number of methoxy groups -OCH3 is 2. The van der Waals surface area contributed by atoms with Crippen LogP contribution in [0.15, 0.2) is 89.5 Å². The van der Waals surface area contributed by atoms with Crippen molar-refractivity contribution in [2.24, 2.45) is 0 Å². The van der Waals surface area contributed by atoms with Gasteiger partial charge in [0.1, 0.15) is 23.3 Å². The largest absolute Gasteiger partial charge is 0.495 e. The lowest BCUT2D eigenvalue weighted by molar-refractivity contribution is 0.0601. The predicted octanol–water partition coefficient (Wildman–Crippen LogP) is 5.31. The molecule has 1 fully saturated rings. The summed E-state index contributed by atoms with van der Waals surface area (Å²) in [6, 6.07) is 23.8. The van der Waals surface area contributed by atoms with E-state index in [2.05, 4.69) is 10.3 Å². The maximum Gasteiger partial charge on any atom is 0.338 e. The number of hydrogen-bond acceptors (Lipinski definition) is 6. The van der Waals surface area contributed by atoms with Crippen molar-refractivity contribution < 1.29 is 18.7 Å². The number of thiocarbonyl (C=S) groups is 1. The van der Waals surface area contributed by atoms with Crippen molar-refractivity contribution in [3.8, 4) is 17.1 Å². The molecule has 8 heteroatoms. The Morgan fingerprint density at radius 3 is 2.54 bits per heavy atom. The molecule has 4 aromatic rings. The van der Waals surface area contributed by atoms with E-state index >= 15 is 0 Å². The molecule has 2 atom stereocenters. The molecule has 35 heavy (non-hydrogen) atoms. The number of hydrogen-bond donors (Lipinski definition) is 1. The van der Waals surface area contributed by atoms with Crippen LogP contribution < -0.4 is 15.0 Å². The minimum atomic E-state index is -0.427. The van der Waals surface area contributed by atoms with Crippen LogP contribution in [0.4, 0.5) is 5.69 Å². The van der Waals surface area contributed by atoms with Crippen LogP contribution in [0.5, 0.6) is 5.75 Å². The number of carbonyl (C=O) groups excluding carboxylic acids is 1. The summed E-state index contributed by atoms with van der Waals surface area (Å²) in [7, 11) is 2.99. The summed E-state index contributed by atoms with van der Waals surface area (Å²) in [6.07, 6.45) is 1.75. The molecule has 0 amide bonds. The average Bonchev–Trinajstić information content (AvgIpc) is 3.53. The Hall–Kier alpha value is -4.17. The number of nitrogens with one attached hydrogen (secondary N) is 1. The Bertz CT molecular complexity index is 1370. The lowest BCUT2D eigenvalue weighted by atomic mass is 10.0. The maximum absolute atomic E-state index is 12.3. The van der Waals surface area contributed by atoms with Crippen LogP contribution in [0, 0.1) is 0 Å². The lowest BCUT2D eigenvalue weighted by Crippen LogP contribution is -2.29. The second-order valence-electron chi connectivity index (χ2n) is 7.91. The zero-order valence-electron chi connectivity index (χ0n) is 19.2. The molecule has 0 bridgehead atoms. The second-order valence-corrected chi connectivity index (χ2v) is 8.29. The average molecular weight is 486 g/mol. The number of ether oxygens (including phenoxy) is 2. The summed E-state index contributed by atoms with van der Waals surface area (Å²) in [4.78, 5) is 18.9. The van der Waals surface area contributed by atoms with Crippen LogP contribution in [0.25, 0.3) is 11.3 Å². The van der Waals surface area contributed by atoms with Crippen LogP contribution in [0.1, 0.15) is 33.9 Å². The van der Waals surface area contributed by atoms with Gasteiger partial charge < -0.3 is 24.1 Å². The highest BCUT2D eigenvalue weighted by atomic mass is 32.1. The number of aromatic nitrogens is 1. The molecule has 2 aromatic heterocycles. The highest BCUT2D eigenvalue weighted by molar-refractivity contribution is 7.80. The lowest BCUT2D eigenvalue weighted by Gasteiger charge is -2.27. The molecule has 0 spiro atoms. The molecule has 2 unspecified atom stereocenters. The molecule has 5 rings (SSSR count). The van der Waals surface area contributed by atoms with Gasteiger partial charge in [0.15, 0.2) is 5.11 Å². The molecule has 7 nitrogen and oxygen atoms in total. The van der Waals surface area contributed by atoms with E-state index in [-0.39, 0.29) is 12.1 Å². The Kier molecular flexibility index (Phi) is 6.20. The number of carbonyl (C=O) groups is 1. The van der Waals surface area contributed by atoms with Gasteiger partial charge >= 0.3 is 5.97 Å². The highest BCUT2D eigenvalue weighted by Crippen LogP contribution is 2.45. The number of rotatable bonds is 6. The standard InChI is InChI=1S/C27H23N3O4S/c1-32-22-13-6-5-12-20(22)30-25(24(29-27(30)35)19-11-7-8-16-28-19)23-15-14-21(34-23)17-9-3-4-10-18(17)26(31)33-2/h3-16,24-25H,1-2H3,(H,29,35). The fraction of sp³-hybridized carbons (Fsp3) is 0.148. The van der Waals surface area contributed by atoms with Gasteiger partial charge in [0.05, 0.1) is 37.2 Å². The molecule has 1 saturated heterocycles. The van der Waals surface area contributed by atoms with E-state index in [0.29, 0.717) is 33.5 Å². The van der Waals surface area contributed by atoms with Crippen molar-refractivity contribution in [3.05, 3.63) is 102 Å². The minimum absolute atomic E-state index is 0.275. The molecule has 1 aliphatic heterocycles. The van der Waals surface area contributed by atoms with Crippen LogP contribution in [0.3, 0.4) is 0 Å². The van der Waals surface area contributed by atoms with Gasteiger partial charge in [-0.3, -0.25) is 4.98 Å². The molecule has 1 N–H and O–H groups in total. The second kappa shape index (κ2) is 9.60. The Morgan fingerprint density at radius 2 is 1.77 bits per heavy atom. The van der Waals surface area contributed by atoms with E-state index in [1.165, 1.54) is 7.11 Å². The van der Waals surface area contributed by atoms with E-state index in [9.17, 15) is 4.79 Å². The summed E-state index contributed by atoms with van der Waals surface area (Å²) in [6.45, 7) is 0. The fourth-order valence-corrected chi connectivity index (χ4v) is 4.71. The zero-order valence-corrected chi connectivity index (χ0v) is 20.0. The Labute approximate surface area is 208 Å². The molecule has 0 radical (unpaired) electrons. The third-order valence-corrected chi connectivity index (χ3v) is 6.27. The quantitative estimate of drug-likeness (QED) is 0.291. The van der Waals surface area contributed by atoms with Gasteiger partial charge in [0.2, 0.25) is 0 Å². The van der Waals surface area contributed by atoms with Crippen LogP contribution >= 0.6 is 12.2 Å². The van der Waals surface area contributed by atoms with E-state index in [1.807, 2.05) is 71.6 Å². The first-order valence-corrected chi connectivity index (χ1v) is 11.4. The first kappa shape index (κ1) is 22.6. The number of pyridine rings is 1. The molecule has 3 heterocycles. The number of nitrogens with zero attached hydrogens (tertiary/aromatic N) is 2. The summed E-state index contributed by atoms with van der Waals surface area (Å²) in [5, 5.41) is 3.94. The van der Waals surface area contributed by atoms with E-state index in [0.717, 1.165) is 11.4 Å². The van der Waals surface area contributed by atoms with Crippen molar-refractivity contribution >= 4 is 29.0 Å². The number of benzene rings is 2. The van der Waals surface area contributed by atoms with Gasteiger partial charge in [0, 0.05) is 11.8 Å². The molecular formula is C27H23N3O4S. The summed E-state index contributed by atoms with van der Waals surface area (Å²) in [5.41, 5.74) is 2.71. The summed E-state index contributed by atoms with van der Waals surface area (Å²) < 4.78 is 17.0. The van der Waals surface area contributed by atoms with E-state index in [1.54, 1.807) is 25.4 Å². The van der Waals surface area contributed by atoms with Gasteiger partial charge in [0.25, 0.3) is 0 Å². The van der Waals surface area contributed by atoms with Crippen LogP contribution in [-0.2, 0) is 4.74 Å². The van der Waals surface area contributed by atoms with E-state index < -0.39 is 5.97 Å². The summed E-state index contributed by atoms with van der Waals surface area (Å²) >= 11 is 5.78. The van der Waals surface area contributed by atoms with Gasteiger partial charge in [-0.05, 0) is 54.7 Å². The number of anilines is 1. The smallest absolute Gasteiger partial charge is 0.338 e. The molecule has 0 saturated carbocycles. The van der Waals surface area contributed by atoms with Gasteiger partial charge in [-0.1, -0.05) is 36.4 Å². The van der Waals surface area contributed by atoms with Crippen molar-refractivity contribution in [3.63, 3.8) is 0 Å². The topological polar surface area (TPSA) is 76.8 Å². The number of esters is 1. The highest BCUT2D eigenvalue weighted by Gasteiger charge is 2.43. The van der Waals surface area contributed by atoms with Crippen molar-refractivity contribution in [2.75, 3.05) is 19.1 Å². The third kappa shape index (κ3) is 4.13. The van der Waals surface area contributed by atoms with Crippen molar-refractivity contribution in [1.29, 1.82) is 0 Å². The molecule has 176 valence electrons. The van der Waals surface area contributed by atoms with E-state index in [4.69, 9.17) is 26.1 Å². The SMILES string of the molecule is COC(=O)c1ccccc1-c1ccc(C2C(c3ccccn3)NC(=S)N2c2ccccc2OC)o1. The maximum atomic E-state index is 12.3. The fourth-order valence-electron chi connectivity index (χ4n) is 4.37. The molecule has 2 aromatic carbocycles. The zero-order chi connectivity index (χ0) is 24.4. The van der Waals surface area contributed by atoms with Gasteiger partial charge in [-0.15, -0.1) is 0 Å². The van der Waals surface area contributed by atoms with Gasteiger partial charge in [-0.2, -0.15) is 0 Å². The number of furan rings is 1. The normalized spacial score (nSPS) is 17.2. The van der Waals surface area contributed by atoms with Crippen molar-refractivity contribution in [2.45, 2.75) is 12.1 Å². The summed E-state index contributed by atoms with van der Waals surface area (Å²) in [5.74, 6) is 1.47. The molecule has 0 aliphatic carbocycles. The van der Waals surface area contributed by atoms with Crippen LogP contribution in [0.2, 0.25) is 0 Å². The van der Waals surface area contributed by atoms with Gasteiger partial charge in [-0.25, -0.2) is 4.79 Å². The predicted molar refractivity (Wildman–Crippen MR) is 136 cm³/mol. The third-order valence-electron chi connectivity index (χ3n) is 5.96. The van der Waals surface area contributed by atoms with Crippen molar-refractivity contribution in [1.82, 2.24) is 10.3 Å². The first-order chi connectivity index (χ1) is 17.1. The minimum Gasteiger partial charge on any atom is -0.495 e. The Morgan fingerprint density at radius 1 is 1.00 bits per heavy atom. The molecular weight excluding hydrogens is 462 g/mol. The van der Waals surface area contributed by atoms with Crippen LogP contribution in [-0.4, -0.2) is 30.3 Å². The Balaban J connectivity index is 1.63.